The van der Waals surface area contributed by atoms with Crippen LogP contribution in [-0.2, 0) is 14.6 Å². The topological polar surface area (TPSA) is 129 Å². The van der Waals surface area contributed by atoms with Gasteiger partial charge in [0.15, 0.2) is 5.84 Å². The average molecular weight is 503 g/mol. The van der Waals surface area contributed by atoms with Gasteiger partial charge in [0.2, 0.25) is 19.4 Å². The van der Waals surface area contributed by atoms with E-state index in [0.29, 0.717) is 16.1 Å². The fraction of sp³-hybridized carbons (Fsp3) is 0.0952. The molecular formula is C21H15ClN4O5S2. The minimum Gasteiger partial charge on any atom is -0.423 e. The molecule has 0 atom stereocenters. The fourth-order valence-corrected chi connectivity index (χ4v) is 5.06. The second-order valence-electron chi connectivity index (χ2n) is 6.75. The molecule has 0 radical (unpaired) electrons. The first-order valence-corrected chi connectivity index (χ1v) is 12.3. The largest absolute Gasteiger partial charge is 0.423 e. The summed E-state index contributed by atoms with van der Waals surface area (Å²) < 4.78 is 29.3. The van der Waals surface area contributed by atoms with E-state index in [0.717, 1.165) is 16.8 Å². The van der Waals surface area contributed by atoms with Gasteiger partial charge in [-0.05, 0) is 59.8 Å². The number of amidine groups is 2. The number of hydrogen-bond acceptors (Lipinski definition) is 8. The summed E-state index contributed by atoms with van der Waals surface area (Å²) in [7, 11) is -3.60. The number of esters is 1. The predicted octanol–water partition coefficient (Wildman–Crippen LogP) is 3.57. The number of carbonyl (C=O) groups excluding carboxylic acids is 2. The van der Waals surface area contributed by atoms with Crippen molar-refractivity contribution in [3.63, 3.8) is 0 Å². The number of aliphatic imine (C=N–C) groups is 1. The Balaban J connectivity index is 1.52. The van der Waals surface area contributed by atoms with Crippen LogP contribution < -0.4 is 4.74 Å². The van der Waals surface area contributed by atoms with Crippen LogP contribution in [0.5, 0.6) is 5.75 Å². The Labute approximate surface area is 198 Å². The van der Waals surface area contributed by atoms with Crippen LogP contribution in [0.2, 0.25) is 5.02 Å². The van der Waals surface area contributed by atoms with Gasteiger partial charge in [0.1, 0.15) is 5.75 Å². The molecule has 2 aromatic rings. The highest BCUT2D eigenvalue weighted by Crippen LogP contribution is 2.30. The summed E-state index contributed by atoms with van der Waals surface area (Å²) in [5, 5.41) is 13.8. The van der Waals surface area contributed by atoms with Crippen molar-refractivity contribution in [2.75, 3.05) is 5.75 Å². The normalized spacial score (nSPS) is 17.0. The molecule has 0 fully saturated rings. The van der Waals surface area contributed by atoms with Gasteiger partial charge >= 0.3 is 5.97 Å². The van der Waals surface area contributed by atoms with Crippen LogP contribution in [-0.4, -0.2) is 46.4 Å². The number of benzene rings is 2. The van der Waals surface area contributed by atoms with E-state index in [2.05, 4.69) is 10.1 Å². The molecule has 2 aliphatic heterocycles. The summed E-state index contributed by atoms with van der Waals surface area (Å²) in [6, 6.07) is 12.6. The minimum atomic E-state index is -3.60. The zero-order valence-corrected chi connectivity index (χ0v) is 19.4. The summed E-state index contributed by atoms with van der Waals surface area (Å²) in [5.74, 6) is -1.37. The van der Waals surface area contributed by atoms with Gasteiger partial charge < -0.3 is 4.74 Å². The van der Waals surface area contributed by atoms with E-state index in [-0.39, 0.29) is 32.5 Å². The van der Waals surface area contributed by atoms with Crippen LogP contribution in [0.1, 0.15) is 22.8 Å². The Morgan fingerprint density at radius 2 is 1.85 bits per heavy atom. The number of hydrazone groups is 1. The Morgan fingerprint density at radius 3 is 2.48 bits per heavy atom. The van der Waals surface area contributed by atoms with Gasteiger partial charge in [0.25, 0.3) is 5.91 Å². The van der Waals surface area contributed by atoms with E-state index in [1.54, 1.807) is 48.5 Å². The summed E-state index contributed by atoms with van der Waals surface area (Å²) in [4.78, 5) is 28.5. The molecule has 0 aromatic heterocycles. The molecule has 33 heavy (non-hydrogen) atoms. The van der Waals surface area contributed by atoms with Gasteiger partial charge in [-0.1, -0.05) is 30.7 Å². The zero-order valence-electron chi connectivity index (χ0n) is 17.0. The van der Waals surface area contributed by atoms with Gasteiger partial charge in [0, 0.05) is 5.02 Å². The lowest BCUT2D eigenvalue weighted by Gasteiger charge is -2.20. The van der Waals surface area contributed by atoms with Gasteiger partial charge in [0.05, 0.1) is 16.9 Å². The molecule has 1 N–H and O–H groups in total. The second-order valence-corrected chi connectivity index (χ2v) is 10.6. The number of hydrogen-bond donors (Lipinski definition) is 1. The molecule has 2 aliphatic rings. The van der Waals surface area contributed by atoms with Crippen LogP contribution in [0.25, 0.3) is 6.08 Å². The Kier molecular flexibility index (Phi) is 6.19. The van der Waals surface area contributed by atoms with Crippen LogP contribution in [0.15, 0.2) is 64.2 Å². The number of nitrogens with zero attached hydrogens (tertiary/aromatic N) is 3. The molecular weight excluding hydrogens is 488 g/mol. The Morgan fingerprint density at radius 1 is 1.18 bits per heavy atom. The third kappa shape index (κ3) is 4.75. The molecule has 0 saturated carbocycles. The molecule has 1 amide bonds. The molecule has 0 unspecified atom stereocenters. The SMILES string of the molecule is CCS(=O)(=O)C1=NN2C(=N)/C(=C/c3ccc(OC(=O)c4ccc(Cl)cc4)cc3)C(=O)N=C2S1. The molecule has 0 saturated heterocycles. The number of carbonyl (C=O) groups is 2. The third-order valence-corrected chi connectivity index (χ3v) is 7.90. The van der Waals surface area contributed by atoms with Crippen molar-refractivity contribution in [1.82, 2.24) is 5.01 Å². The number of ether oxygens (including phenoxy) is 1. The lowest BCUT2D eigenvalue weighted by atomic mass is 10.1. The van der Waals surface area contributed by atoms with Crippen LogP contribution in [0.3, 0.4) is 0 Å². The van der Waals surface area contributed by atoms with Crippen LogP contribution >= 0.6 is 23.4 Å². The fourth-order valence-electron chi connectivity index (χ4n) is 2.77. The minimum absolute atomic E-state index is 0.0265. The molecule has 0 spiro atoms. The van der Waals surface area contributed by atoms with Crippen LogP contribution in [0.4, 0.5) is 0 Å². The average Bonchev–Trinajstić information content (AvgIpc) is 3.23. The lowest BCUT2D eigenvalue weighted by molar-refractivity contribution is -0.114. The Hall–Kier alpha value is -3.28. The maximum absolute atomic E-state index is 12.5. The molecule has 4 rings (SSSR count). The monoisotopic (exact) mass is 502 g/mol. The number of rotatable bonds is 4. The van der Waals surface area contributed by atoms with E-state index < -0.39 is 21.7 Å². The van der Waals surface area contributed by atoms with Gasteiger partial charge in [-0.15, -0.1) is 5.10 Å². The van der Waals surface area contributed by atoms with Crippen molar-refractivity contribution in [3.05, 3.63) is 70.3 Å². The van der Waals surface area contributed by atoms with E-state index in [4.69, 9.17) is 21.7 Å². The van der Waals surface area contributed by atoms with E-state index in [1.165, 1.54) is 13.0 Å². The summed E-state index contributed by atoms with van der Waals surface area (Å²) in [6.45, 7) is 1.48. The van der Waals surface area contributed by atoms with Crippen LogP contribution in [0, 0.1) is 5.41 Å². The quantitative estimate of drug-likeness (QED) is 0.384. The maximum atomic E-state index is 12.5. The summed E-state index contributed by atoms with van der Waals surface area (Å²) >= 11 is 6.56. The van der Waals surface area contributed by atoms with Crippen molar-refractivity contribution in [2.24, 2.45) is 10.1 Å². The number of amides is 1. The molecule has 0 aliphatic carbocycles. The van der Waals surface area contributed by atoms with E-state index >= 15 is 0 Å². The molecule has 12 heteroatoms. The smallest absolute Gasteiger partial charge is 0.343 e. The summed E-state index contributed by atoms with van der Waals surface area (Å²) in [6.07, 6.45) is 1.43. The number of sulfone groups is 1. The van der Waals surface area contributed by atoms with E-state index in [1.807, 2.05) is 0 Å². The number of halogens is 1. The number of fused-ring (bicyclic) bond motifs is 1. The van der Waals surface area contributed by atoms with Crippen molar-refractivity contribution in [2.45, 2.75) is 6.92 Å². The first-order chi connectivity index (χ1) is 15.7. The Bertz CT molecular complexity index is 1360. The molecule has 0 bridgehead atoms. The first-order valence-electron chi connectivity index (χ1n) is 9.49. The van der Waals surface area contributed by atoms with Gasteiger partial charge in [-0.25, -0.2) is 13.2 Å². The predicted molar refractivity (Wildman–Crippen MR) is 127 cm³/mol. The lowest BCUT2D eigenvalue weighted by Crippen LogP contribution is -2.35. The molecule has 9 nitrogen and oxygen atoms in total. The molecule has 2 aromatic carbocycles. The third-order valence-electron chi connectivity index (χ3n) is 4.56. The highest BCUT2D eigenvalue weighted by Gasteiger charge is 2.39. The maximum Gasteiger partial charge on any atom is 0.343 e. The number of nitrogens with one attached hydrogen (secondary N) is 1. The van der Waals surface area contributed by atoms with Crippen molar-refractivity contribution in [1.29, 1.82) is 5.41 Å². The summed E-state index contributed by atoms with van der Waals surface area (Å²) in [5.41, 5.74) is 0.837. The van der Waals surface area contributed by atoms with Gasteiger partial charge in [-0.3, -0.25) is 10.2 Å². The van der Waals surface area contributed by atoms with E-state index in [9.17, 15) is 18.0 Å². The number of thioether (sulfide) groups is 1. The highest BCUT2D eigenvalue weighted by atomic mass is 35.5. The molecule has 168 valence electrons. The van der Waals surface area contributed by atoms with Gasteiger partial charge in [-0.2, -0.15) is 10.0 Å². The highest BCUT2D eigenvalue weighted by molar-refractivity contribution is 8.42. The standard InChI is InChI=1S/C21H15ClN4O5S2/c1-2-33(29,30)21-25-26-17(23)16(18(27)24-20(26)32-21)11-12-3-9-15(10-4-12)31-19(28)13-5-7-14(22)8-6-13/h3-11,23H,2H2,1H3/b16-11-,23-17?. The van der Waals surface area contributed by atoms with Crippen molar-refractivity contribution in [3.8, 4) is 5.75 Å². The molecule has 2 heterocycles. The second kappa shape index (κ2) is 8.93. The first kappa shape index (κ1) is 22.9. The van der Waals surface area contributed by atoms with Crippen molar-refractivity contribution < 1.29 is 22.7 Å². The van der Waals surface area contributed by atoms with Crippen molar-refractivity contribution >= 4 is 66.5 Å². The zero-order chi connectivity index (χ0) is 23.8.